The van der Waals surface area contributed by atoms with Crippen molar-refractivity contribution in [2.45, 2.75) is 6.92 Å². The van der Waals surface area contributed by atoms with Gasteiger partial charge in [-0.3, -0.25) is 4.79 Å². The van der Waals surface area contributed by atoms with Gasteiger partial charge >= 0.3 is 0 Å². The molecule has 0 aliphatic heterocycles. The van der Waals surface area contributed by atoms with E-state index in [2.05, 4.69) is 5.32 Å². The molecule has 0 saturated carbocycles. The zero-order chi connectivity index (χ0) is 13.7. The fourth-order valence-electron chi connectivity index (χ4n) is 1.54. The Morgan fingerprint density at radius 3 is 2.44 bits per heavy atom. The summed E-state index contributed by atoms with van der Waals surface area (Å²) in [5, 5.41) is 11.1. The van der Waals surface area contributed by atoms with Gasteiger partial charge in [-0.15, -0.1) is 0 Å². The normalized spacial score (nSPS) is 9.72. The summed E-state index contributed by atoms with van der Waals surface area (Å²) < 4.78 is 27.2. The standard InChI is InChI=1S/C12H13F2N3O/c1-3-16-11(18)7-17(2)12-9(13)4-8(6-15)5-10(12)14/h4-5H,3,7H2,1-2H3,(H,16,18). The van der Waals surface area contributed by atoms with Crippen LogP contribution in [0.2, 0.25) is 0 Å². The molecule has 6 heteroatoms. The van der Waals surface area contributed by atoms with Crippen molar-refractivity contribution in [3.8, 4) is 6.07 Å². The minimum absolute atomic E-state index is 0.0971. The van der Waals surface area contributed by atoms with E-state index in [1.165, 1.54) is 7.05 Å². The molecule has 0 saturated heterocycles. The number of amides is 1. The van der Waals surface area contributed by atoms with Crippen molar-refractivity contribution < 1.29 is 13.6 Å². The summed E-state index contributed by atoms with van der Waals surface area (Å²) in [5.41, 5.74) is -0.416. The van der Waals surface area contributed by atoms with Crippen LogP contribution in [0.3, 0.4) is 0 Å². The second kappa shape index (κ2) is 5.96. The van der Waals surface area contributed by atoms with Crippen molar-refractivity contribution in [2.75, 3.05) is 25.0 Å². The predicted molar refractivity (Wildman–Crippen MR) is 63.0 cm³/mol. The van der Waals surface area contributed by atoms with Gasteiger partial charge in [0.05, 0.1) is 18.2 Å². The number of anilines is 1. The number of carbonyl (C=O) groups is 1. The summed E-state index contributed by atoms with van der Waals surface area (Å²) in [6, 6.07) is 3.53. The molecule has 1 amide bonds. The molecule has 0 bridgehead atoms. The highest BCUT2D eigenvalue weighted by molar-refractivity contribution is 5.81. The fourth-order valence-corrected chi connectivity index (χ4v) is 1.54. The molecule has 0 fully saturated rings. The summed E-state index contributed by atoms with van der Waals surface area (Å²) in [6.07, 6.45) is 0. The molecule has 1 aromatic carbocycles. The number of rotatable bonds is 4. The van der Waals surface area contributed by atoms with Crippen molar-refractivity contribution in [1.29, 1.82) is 5.26 Å². The number of halogens is 2. The molecule has 0 spiro atoms. The molecular formula is C12H13F2N3O. The minimum Gasteiger partial charge on any atom is -0.361 e. The fraction of sp³-hybridized carbons (Fsp3) is 0.333. The van der Waals surface area contributed by atoms with E-state index in [1.54, 1.807) is 13.0 Å². The quantitative estimate of drug-likeness (QED) is 0.882. The highest BCUT2D eigenvalue weighted by atomic mass is 19.1. The number of hydrogen-bond acceptors (Lipinski definition) is 3. The first-order valence-electron chi connectivity index (χ1n) is 5.36. The van der Waals surface area contributed by atoms with Gasteiger partial charge in [-0.25, -0.2) is 8.78 Å². The first kappa shape index (κ1) is 13.9. The molecule has 0 atom stereocenters. The van der Waals surface area contributed by atoms with E-state index >= 15 is 0 Å². The van der Waals surface area contributed by atoms with Gasteiger partial charge in [0.1, 0.15) is 5.69 Å². The number of nitrogens with one attached hydrogen (secondary N) is 1. The Kier molecular flexibility index (Phi) is 4.60. The van der Waals surface area contributed by atoms with Crippen LogP contribution >= 0.6 is 0 Å². The molecular weight excluding hydrogens is 240 g/mol. The van der Waals surface area contributed by atoms with Crippen molar-refractivity contribution >= 4 is 11.6 Å². The van der Waals surface area contributed by atoms with Crippen molar-refractivity contribution in [3.05, 3.63) is 29.3 Å². The smallest absolute Gasteiger partial charge is 0.239 e. The van der Waals surface area contributed by atoms with Crippen LogP contribution in [-0.2, 0) is 4.79 Å². The van der Waals surface area contributed by atoms with Crippen LogP contribution < -0.4 is 10.2 Å². The molecule has 4 nitrogen and oxygen atoms in total. The van der Waals surface area contributed by atoms with Crippen molar-refractivity contribution in [3.63, 3.8) is 0 Å². The Morgan fingerprint density at radius 2 is 2.00 bits per heavy atom. The topological polar surface area (TPSA) is 56.1 Å². The molecule has 0 aliphatic carbocycles. The van der Waals surface area contributed by atoms with E-state index in [4.69, 9.17) is 5.26 Å². The van der Waals surface area contributed by atoms with E-state index in [0.29, 0.717) is 6.54 Å². The number of nitrogens with zero attached hydrogens (tertiary/aromatic N) is 2. The lowest BCUT2D eigenvalue weighted by atomic mass is 10.2. The molecule has 0 heterocycles. The van der Waals surface area contributed by atoms with Gasteiger partial charge in [0.15, 0.2) is 11.6 Å². The molecule has 1 rings (SSSR count). The lowest BCUT2D eigenvalue weighted by Gasteiger charge is -2.19. The number of benzene rings is 1. The molecule has 0 radical (unpaired) electrons. The van der Waals surface area contributed by atoms with Gasteiger partial charge in [-0.1, -0.05) is 0 Å². The van der Waals surface area contributed by atoms with Crippen LogP contribution in [0.4, 0.5) is 14.5 Å². The van der Waals surface area contributed by atoms with E-state index in [9.17, 15) is 13.6 Å². The molecule has 0 aliphatic rings. The van der Waals surface area contributed by atoms with E-state index < -0.39 is 11.6 Å². The Labute approximate surface area is 104 Å². The van der Waals surface area contributed by atoms with E-state index in [0.717, 1.165) is 17.0 Å². The van der Waals surface area contributed by atoms with Gasteiger partial charge in [0, 0.05) is 13.6 Å². The summed E-state index contributed by atoms with van der Waals surface area (Å²) >= 11 is 0. The van der Waals surface area contributed by atoms with E-state index in [1.807, 2.05) is 0 Å². The summed E-state index contributed by atoms with van der Waals surface area (Å²) in [6.45, 7) is 2.04. The third-order valence-corrected chi connectivity index (χ3v) is 2.28. The Morgan fingerprint density at radius 1 is 1.44 bits per heavy atom. The van der Waals surface area contributed by atoms with Crippen LogP contribution in [0.25, 0.3) is 0 Å². The first-order valence-corrected chi connectivity index (χ1v) is 5.36. The van der Waals surface area contributed by atoms with Gasteiger partial charge < -0.3 is 10.2 Å². The second-order valence-electron chi connectivity index (χ2n) is 3.71. The molecule has 96 valence electrons. The highest BCUT2D eigenvalue weighted by Crippen LogP contribution is 2.23. The Balaban J connectivity index is 2.96. The number of hydrogen-bond donors (Lipinski definition) is 1. The highest BCUT2D eigenvalue weighted by Gasteiger charge is 2.17. The maximum Gasteiger partial charge on any atom is 0.239 e. The summed E-state index contributed by atoms with van der Waals surface area (Å²) in [4.78, 5) is 12.5. The predicted octanol–water partition coefficient (Wildman–Crippen LogP) is 1.41. The van der Waals surface area contributed by atoms with Crippen LogP contribution in [0, 0.1) is 23.0 Å². The Bertz CT molecular complexity index is 474. The maximum atomic E-state index is 13.6. The van der Waals surface area contributed by atoms with Crippen LogP contribution in [0.1, 0.15) is 12.5 Å². The maximum absolute atomic E-state index is 13.6. The molecule has 1 aromatic rings. The zero-order valence-corrected chi connectivity index (χ0v) is 10.1. The summed E-state index contributed by atoms with van der Waals surface area (Å²) in [7, 11) is 1.41. The third-order valence-electron chi connectivity index (χ3n) is 2.28. The van der Waals surface area contributed by atoms with Crippen molar-refractivity contribution in [2.24, 2.45) is 0 Å². The molecule has 0 unspecified atom stereocenters. The SMILES string of the molecule is CCNC(=O)CN(C)c1c(F)cc(C#N)cc1F. The van der Waals surface area contributed by atoms with Crippen molar-refractivity contribution in [1.82, 2.24) is 5.32 Å². The molecule has 0 aromatic heterocycles. The van der Waals surface area contributed by atoms with Gasteiger partial charge in [-0.2, -0.15) is 5.26 Å². The van der Waals surface area contributed by atoms with Gasteiger partial charge in [-0.05, 0) is 19.1 Å². The minimum atomic E-state index is -0.863. The van der Waals surface area contributed by atoms with Crippen LogP contribution in [-0.4, -0.2) is 26.0 Å². The first-order chi connectivity index (χ1) is 8.49. The van der Waals surface area contributed by atoms with Gasteiger partial charge in [0.2, 0.25) is 5.91 Å². The van der Waals surface area contributed by atoms with E-state index in [-0.39, 0.29) is 23.7 Å². The average Bonchev–Trinajstić information content (AvgIpc) is 2.27. The van der Waals surface area contributed by atoms with Crippen LogP contribution in [0.5, 0.6) is 0 Å². The number of likely N-dealkylation sites (N-methyl/N-ethyl adjacent to an activating group) is 2. The monoisotopic (exact) mass is 253 g/mol. The number of nitriles is 1. The zero-order valence-electron chi connectivity index (χ0n) is 10.1. The number of carbonyl (C=O) groups excluding carboxylic acids is 1. The van der Waals surface area contributed by atoms with Gasteiger partial charge in [0.25, 0.3) is 0 Å². The van der Waals surface area contributed by atoms with Crippen LogP contribution in [0.15, 0.2) is 12.1 Å². The summed E-state index contributed by atoms with van der Waals surface area (Å²) in [5.74, 6) is -2.06. The molecule has 1 N–H and O–H groups in total. The average molecular weight is 253 g/mol. The lowest BCUT2D eigenvalue weighted by Crippen LogP contribution is -2.35. The second-order valence-corrected chi connectivity index (χ2v) is 3.71. The molecule has 18 heavy (non-hydrogen) atoms. The lowest BCUT2D eigenvalue weighted by molar-refractivity contribution is -0.119. The Hall–Kier alpha value is -2.16. The largest absolute Gasteiger partial charge is 0.361 e. The third kappa shape index (κ3) is 3.17.